The highest BCUT2D eigenvalue weighted by Crippen LogP contribution is 2.33. The summed E-state index contributed by atoms with van der Waals surface area (Å²) in [5, 5.41) is 18.9. The molecule has 26 heavy (non-hydrogen) atoms. The average molecular weight is 398 g/mol. The summed E-state index contributed by atoms with van der Waals surface area (Å²) in [7, 11) is 0. The zero-order chi connectivity index (χ0) is 18.7. The maximum Gasteiger partial charge on any atom is 0.269 e. The molecule has 0 radical (unpaired) electrons. The van der Waals surface area contributed by atoms with Crippen LogP contribution in [0.25, 0.3) is 22.1 Å². The van der Waals surface area contributed by atoms with Crippen LogP contribution in [0.5, 0.6) is 0 Å². The summed E-state index contributed by atoms with van der Waals surface area (Å²) in [5.74, 6) is 0. The fourth-order valence-electron chi connectivity index (χ4n) is 2.48. The molecule has 3 rings (SSSR count). The number of rotatable bonds is 3. The number of thiazole rings is 1. The average Bonchev–Trinajstić information content (AvgIpc) is 3.22. The Morgan fingerprint density at radius 2 is 1.92 bits per heavy atom. The molecule has 4 nitrogen and oxygen atoms in total. The second-order valence-electron chi connectivity index (χ2n) is 5.25. The van der Waals surface area contributed by atoms with Gasteiger partial charge in [-0.25, -0.2) is 0 Å². The van der Waals surface area contributed by atoms with Gasteiger partial charge < -0.3 is 0 Å². The van der Waals surface area contributed by atoms with Crippen molar-refractivity contribution < 1.29 is 0 Å². The molecular formula is C19H12ClN3OS2. The van der Waals surface area contributed by atoms with Crippen LogP contribution in [0.1, 0.15) is 11.8 Å². The molecule has 1 aromatic carbocycles. The fraction of sp³-hybridized carbons (Fsp3) is 0.105. The minimum absolute atomic E-state index is 0.0449. The first-order valence-electron chi connectivity index (χ1n) is 7.69. The first-order chi connectivity index (χ1) is 12.6. The number of thiophene rings is 1. The first-order valence-corrected chi connectivity index (χ1v) is 9.70. The molecule has 7 heteroatoms. The van der Waals surface area contributed by atoms with Gasteiger partial charge in [-0.05, 0) is 31.2 Å². The van der Waals surface area contributed by atoms with E-state index in [1.807, 2.05) is 55.5 Å². The lowest BCUT2D eigenvalue weighted by Crippen LogP contribution is -2.31. The number of hydrogen-bond acceptors (Lipinski definition) is 5. The van der Waals surface area contributed by atoms with Gasteiger partial charge in [-0.3, -0.25) is 9.36 Å². The summed E-state index contributed by atoms with van der Waals surface area (Å²) in [6.07, 6.45) is 1.79. The number of benzene rings is 1. The number of hydrogen-bond donors (Lipinski definition) is 0. The van der Waals surface area contributed by atoms with Crippen LogP contribution in [-0.2, 0) is 6.54 Å². The van der Waals surface area contributed by atoms with E-state index in [4.69, 9.17) is 22.1 Å². The van der Waals surface area contributed by atoms with Gasteiger partial charge in [0.15, 0.2) is 5.57 Å². The van der Waals surface area contributed by atoms with Crippen molar-refractivity contribution in [2.24, 2.45) is 0 Å². The molecule has 3 aromatic rings. The van der Waals surface area contributed by atoms with Crippen LogP contribution >= 0.6 is 34.3 Å². The summed E-state index contributed by atoms with van der Waals surface area (Å²) in [6, 6.07) is 15.2. The van der Waals surface area contributed by atoms with E-state index in [0.717, 1.165) is 26.7 Å². The Labute approximate surface area is 162 Å². The lowest BCUT2D eigenvalue weighted by molar-refractivity contribution is 0.722. The van der Waals surface area contributed by atoms with E-state index < -0.39 is 0 Å². The van der Waals surface area contributed by atoms with Crippen molar-refractivity contribution in [2.75, 3.05) is 0 Å². The Morgan fingerprint density at radius 3 is 2.58 bits per heavy atom. The van der Waals surface area contributed by atoms with E-state index in [-0.39, 0.29) is 11.1 Å². The molecular weight excluding hydrogens is 386 g/mol. The SMILES string of the molecule is CCn1c(=C(C#N)C#N)s/c(=C/c2ccc(-c3ccccc3Cl)s2)c1=O. The Morgan fingerprint density at radius 1 is 1.19 bits per heavy atom. The third kappa shape index (κ3) is 3.36. The van der Waals surface area contributed by atoms with Gasteiger partial charge in [0, 0.05) is 26.9 Å². The summed E-state index contributed by atoms with van der Waals surface area (Å²) in [6.45, 7) is 2.22. The molecule has 0 aliphatic carbocycles. The van der Waals surface area contributed by atoms with Crippen LogP contribution in [0.3, 0.4) is 0 Å². The zero-order valence-corrected chi connectivity index (χ0v) is 16.1. The summed E-state index contributed by atoms with van der Waals surface area (Å²) in [5.41, 5.74) is 0.709. The second-order valence-corrected chi connectivity index (χ2v) is 7.80. The van der Waals surface area contributed by atoms with E-state index in [1.54, 1.807) is 6.08 Å². The van der Waals surface area contributed by atoms with Crippen molar-refractivity contribution in [3.8, 4) is 22.6 Å². The van der Waals surface area contributed by atoms with Gasteiger partial charge in [0.05, 0.1) is 4.53 Å². The number of halogens is 1. The quantitative estimate of drug-likeness (QED) is 0.680. The van der Waals surface area contributed by atoms with Crippen molar-refractivity contribution >= 4 is 45.9 Å². The molecule has 0 aliphatic heterocycles. The maximum atomic E-state index is 12.6. The first kappa shape index (κ1) is 18.2. The zero-order valence-electron chi connectivity index (χ0n) is 13.7. The topological polar surface area (TPSA) is 69.6 Å². The smallest absolute Gasteiger partial charge is 0.269 e. The molecule has 2 heterocycles. The monoisotopic (exact) mass is 397 g/mol. The van der Waals surface area contributed by atoms with Crippen LogP contribution in [0.2, 0.25) is 5.02 Å². The molecule has 0 aliphatic rings. The molecule has 0 fully saturated rings. The minimum atomic E-state index is -0.191. The molecule has 128 valence electrons. The van der Waals surface area contributed by atoms with Gasteiger partial charge in [0.2, 0.25) is 0 Å². The molecule has 0 atom stereocenters. The van der Waals surface area contributed by atoms with E-state index >= 15 is 0 Å². The van der Waals surface area contributed by atoms with Crippen molar-refractivity contribution in [3.63, 3.8) is 0 Å². The lowest BCUT2D eigenvalue weighted by Gasteiger charge is -1.99. The highest BCUT2D eigenvalue weighted by atomic mass is 35.5. The number of aromatic nitrogens is 1. The van der Waals surface area contributed by atoms with E-state index in [1.165, 1.54) is 15.9 Å². The van der Waals surface area contributed by atoms with Crippen molar-refractivity contribution in [3.05, 3.63) is 65.8 Å². The van der Waals surface area contributed by atoms with Crippen LogP contribution in [-0.4, -0.2) is 4.57 Å². The van der Waals surface area contributed by atoms with E-state index in [2.05, 4.69) is 0 Å². The molecule has 0 saturated carbocycles. The van der Waals surface area contributed by atoms with Gasteiger partial charge in [0.1, 0.15) is 16.8 Å². The molecule has 0 saturated heterocycles. The van der Waals surface area contributed by atoms with Crippen molar-refractivity contribution in [1.29, 1.82) is 10.5 Å². The third-order valence-corrected chi connectivity index (χ3v) is 6.23. The third-order valence-electron chi connectivity index (χ3n) is 3.70. The number of nitrogens with zero attached hydrogens (tertiary/aromatic N) is 3. The fourth-order valence-corrected chi connectivity index (χ4v) is 4.94. The second kappa shape index (κ2) is 7.72. The van der Waals surface area contributed by atoms with E-state index in [0.29, 0.717) is 20.8 Å². The van der Waals surface area contributed by atoms with Crippen molar-refractivity contribution in [2.45, 2.75) is 13.5 Å². The van der Waals surface area contributed by atoms with Gasteiger partial charge in [-0.2, -0.15) is 10.5 Å². The van der Waals surface area contributed by atoms with Crippen LogP contribution < -0.4 is 14.8 Å². The summed E-state index contributed by atoms with van der Waals surface area (Å²) >= 11 is 8.94. The predicted molar refractivity (Wildman–Crippen MR) is 106 cm³/mol. The van der Waals surface area contributed by atoms with Gasteiger partial charge in [-0.15, -0.1) is 22.7 Å². The Kier molecular flexibility index (Phi) is 5.39. The van der Waals surface area contributed by atoms with Crippen LogP contribution in [0.4, 0.5) is 0 Å². The van der Waals surface area contributed by atoms with Crippen LogP contribution in [0, 0.1) is 22.7 Å². The molecule has 0 amide bonds. The normalized spacial score (nSPS) is 11.2. The largest absolute Gasteiger partial charge is 0.298 e. The number of nitriles is 2. The predicted octanol–water partition coefficient (Wildman–Crippen LogP) is 3.34. The molecule has 0 spiro atoms. The summed E-state index contributed by atoms with van der Waals surface area (Å²) in [4.78, 5) is 14.5. The Bertz CT molecular complexity index is 1220. The highest BCUT2D eigenvalue weighted by molar-refractivity contribution is 7.16. The van der Waals surface area contributed by atoms with E-state index in [9.17, 15) is 4.79 Å². The van der Waals surface area contributed by atoms with Crippen molar-refractivity contribution in [1.82, 2.24) is 4.57 Å². The molecule has 0 N–H and O–H groups in total. The molecule has 0 bridgehead atoms. The summed E-state index contributed by atoms with van der Waals surface area (Å²) < 4.78 is 2.36. The minimum Gasteiger partial charge on any atom is -0.298 e. The Hall–Kier alpha value is -2.64. The highest BCUT2D eigenvalue weighted by Gasteiger charge is 2.09. The lowest BCUT2D eigenvalue weighted by atomic mass is 10.2. The van der Waals surface area contributed by atoms with Gasteiger partial charge >= 0.3 is 0 Å². The Balaban J connectivity index is 2.16. The van der Waals surface area contributed by atoms with Gasteiger partial charge in [-0.1, -0.05) is 29.8 Å². The van der Waals surface area contributed by atoms with Gasteiger partial charge in [0.25, 0.3) is 5.56 Å². The molecule has 2 aromatic heterocycles. The van der Waals surface area contributed by atoms with Crippen LogP contribution in [0.15, 0.2) is 41.2 Å². The standard InChI is InChI=1S/C19H12ClN3OS2/c1-2-23-18(24)17(26-19(23)12(10-21)11-22)9-13-7-8-16(25-13)14-5-3-4-6-15(14)20/h3-9H,2H2,1H3/b17-9+. The maximum absolute atomic E-state index is 12.6. The molecule has 0 unspecified atom stereocenters.